The number of esters is 1. The molecule has 34 heavy (non-hydrogen) atoms. The maximum atomic E-state index is 13.8. The zero-order valence-corrected chi connectivity index (χ0v) is 20.2. The molecule has 1 saturated heterocycles. The van der Waals surface area contributed by atoms with Crippen LogP contribution in [0, 0.1) is 5.82 Å². The smallest absolute Gasteiger partial charge is 0.323 e. The fourth-order valence-corrected chi connectivity index (χ4v) is 6.17. The molecular weight excluding hydrogens is 457 g/mol. The van der Waals surface area contributed by atoms with E-state index < -0.39 is 0 Å². The zero-order chi connectivity index (χ0) is 23.7. The largest absolute Gasteiger partial charge is 0.465 e. The van der Waals surface area contributed by atoms with E-state index >= 15 is 0 Å². The van der Waals surface area contributed by atoms with Crippen molar-refractivity contribution in [2.75, 3.05) is 49.5 Å². The molecule has 5 rings (SSSR count). The molecule has 0 aliphatic carbocycles. The van der Waals surface area contributed by atoms with Gasteiger partial charge in [-0.15, -0.1) is 11.3 Å². The number of ether oxygens (including phenoxy) is 1. The van der Waals surface area contributed by atoms with Crippen molar-refractivity contribution in [1.82, 2.24) is 14.8 Å². The van der Waals surface area contributed by atoms with Gasteiger partial charge in [-0.2, -0.15) is 0 Å². The van der Waals surface area contributed by atoms with Crippen LogP contribution >= 0.6 is 11.3 Å². The summed E-state index contributed by atoms with van der Waals surface area (Å²) in [5, 5.41) is 3.58. The van der Waals surface area contributed by atoms with Crippen LogP contribution in [0.25, 0.3) is 0 Å². The molecule has 0 saturated carbocycles. The Morgan fingerprint density at radius 1 is 1.21 bits per heavy atom. The van der Waals surface area contributed by atoms with Gasteiger partial charge in [0.2, 0.25) is 0 Å². The maximum Gasteiger partial charge on any atom is 0.323 e. The Hall–Kier alpha value is -2.72. The molecule has 4 heterocycles. The molecule has 182 valence electrons. The third-order valence-corrected chi connectivity index (χ3v) is 7.85. The summed E-state index contributed by atoms with van der Waals surface area (Å²) >= 11 is 1.48. The van der Waals surface area contributed by atoms with Gasteiger partial charge in [-0.05, 0) is 43.9 Å². The highest BCUT2D eigenvalue weighted by Gasteiger charge is 2.31. The number of fused-ring (bicyclic) bond motifs is 2. The normalized spacial score (nSPS) is 18.5. The molecular formula is C24H30FN5O3S. The van der Waals surface area contributed by atoms with E-state index in [2.05, 4.69) is 20.1 Å². The Labute approximate surface area is 202 Å². The number of urea groups is 1. The number of piperidine rings is 1. The Morgan fingerprint density at radius 3 is 2.82 bits per heavy atom. The minimum atomic E-state index is -0.213. The summed E-state index contributed by atoms with van der Waals surface area (Å²) in [4.78, 5) is 36.6. The van der Waals surface area contributed by atoms with Crippen LogP contribution in [-0.4, -0.2) is 72.2 Å². The molecule has 1 aromatic heterocycles. The second-order valence-electron chi connectivity index (χ2n) is 9.02. The van der Waals surface area contributed by atoms with Gasteiger partial charge < -0.3 is 14.5 Å². The number of hydrogen-bond donors (Lipinski definition) is 1. The topological polar surface area (TPSA) is 78.0 Å². The molecule has 3 aliphatic rings. The molecule has 0 atom stereocenters. The number of anilines is 2. The highest BCUT2D eigenvalue weighted by molar-refractivity contribution is 7.15. The van der Waals surface area contributed by atoms with Crippen LogP contribution in [-0.2, 0) is 28.9 Å². The van der Waals surface area contributed by atoms with Crippen LogP contribution in [0.1, 0.15) is 35.9 Å². The Morgan fingerprint density at radius 2 is 2.03 bits per heavy atom. The van der Waals surface area contributed by atoms with Gasteiger partial charge in [-0.1, -0.05) is 6.07 Å². The first kappa shape index (κ1) is 23.0. The molecule has 0 radical (unpaired) electrons. The number of halogens is 1. The Balaban J connectivity index is 1.13. The van der Waals surface area contributed by atoms with Gasteiger partial charge in [-0.25, -0.2) is 14.2 Å². The molecule has 10 heteroatoms. The summed E-state index contributed by atoms with van der Waals surface area (Å²) in [5.74, 6) is -0.410. The minimum Gasteiger partial charge on any atom is -0.465 e. The lowest BCUT2D eigenvalue weighted by Crippen LogP contribution is -2.47. The van der Waals surface area contributed by atoms with E-state index in [1.807, 2.05) is 11.0 Å². The summed E-state index contributed by atoms with van der Waals surface area (Å²) in [5.41, 5.74) is 3.21. The van der Waals surface area contributed by atoms with Gasteiger partial charge in [0.1, 0.15) is 5.82 Å². The number of aromatic nitrogens is 1. The number of rotatable bonds is 5. The van der Waals surface area contributed by atoms with Crippen LogP contribution in [0.3, 0.4) is 0 Å². The van der Waals surface area contributed by atoms with Gasteiger partial charge in [0, 0.05) is 55.8 Å². The van der Waals surface area contributed by atoms with Crippen LogP contribution in [0.2, 0.25) is 0 Å². The van der Waals surface area contributed by atoms with Gasteiger partial charge in [-0.3, -0.25) is 15.0 Å². The van der Waals surface area contributed by atoms with Crippen molar-refractivity contribution in [2.24, 2.45) is 0 Å². The van der Waals surface area contributed by atoms with E-state index in [0.29, 0.717) is 37.4 Å². The molecule has 2 amide bonds. The average molecular weight is 488 g/mol. The van der Waals surface area contributed by atoms with E-state index in [-0.39, 0.29) is 24.4 Å². The Kier molecular flexibility index (Phi) is 6.69. The van der Waals surface area contributed by atoms with Gasteiger partial charge in [0.25, 0.3) is 0 Å². The predicted octanol–water partition coefficient (Wildman–Crippen LogP) is 3.26. The van der Waals surface area contributed by atoms with Crippen molar-refractivity contribution in [1.29, 1.82) is 0 Å². The number of thiazole rings is 1. The fourth-order valence-electron chi connectivity index (χ4n) is 5.13. The monoisotopic (exact) mass is 487 g/mol. The first-order valence-electron chi connectivity index (χ1n) is 12.0. The first-order valence-corrected chi connectivity index (χ1v) is 12.8. The van der Waals surface area contributed by atoms with Crippen molar-refractivity contribution < 1.29 is 18.7 Å². The van der Waals surface area contributed by atoms with Crippen LogP contribution < -0.4 is 10.2 Å². The molecule has 0 bridgehead atoms. The van der Waals surface area contributed by atoms with Crippen LogP contribution in [0.15, 0.2) is 18.2 Å². The third-order valence-electron chi connectivity index (χ3n) is 6.85. The van der Waals surface area contributed by atoms with E-state index in [1.165, 1.54) is 23.0 Å². The lowest BCUT2D eigenvalue weighted by molar-refractivity contribution is -0.144. The van der Waals surface area contributed by atoms with E-state index in [4.69, 9.17) is 4.74 Å². The minimum absolute atomic E-state index is 0.124. The summed E-state index contributed by atoms with van der Waals surface area (Å²) in [6.45, 7) is 6.09. The van der Waals surface area contributed by atoms with Gasteiger partial charge >= 0.3 is 12.0 Å². The number of hydrogen-bond acceptors (Lipinski definition) is 7. The quantitative estimate of drug-likeness (QED) is 0.653. The molecule has 1 N–H and O–H groups in total. The molecule has 0 unspecified atom stereocenters. The molecule has 1 aromatic carbocycles. The number of carbonyl (C=O) groups excluding carboxylic acids is 2. The number of amides is 2. The molecule has 0 spiro atoms. The third kappa shape index (κ3) is 4.88. The highest BCUT2D eigenvalue weighted by Crippen LogP contribution is 2.33. The van der Waals surface area contributed by atoms with Crippen molar-refractivity contribution in [3.05, 3.63) is 40.2 Å². The molecule has 2 aromatic rings. The summed E-state index contributed by atoms with van der Waals surface area (Å²) in [6, 6.07) is 5.26. The van der Waals surface area contributed by atoms with Crippen LogP contribution in [0.4, 0.5) is 20.0 Å². The first-order chi connectivity index (χ1) is 16.5. The molecule has 1 fully saturated rings. The van der Waals surface area contributed by atoms with Gasteiger partial charge in [0.15, 0.2) is 5.13 Å². The van der Waals surface area contributed by atoms with Crippen molar-refractivity contribution in [3.63, 3.8) is 0 Å². The number of nitrogens with zero attached hydrogens (tertiary/aromatic N) is 4. The summed E-state index contributed by atoms with van der Waals surface area (Å²) in [7, 11) is 0. The number of benzene rings is 1. The van der Waals surface area contributed by atoms with E-state index in [9.17, 15) is 14.0 Å². The summed E-state index contributed by atoms with van der Waals surface area (Å²) in [6.07, 6.45) is 3.42. The predicted molar refractivity (Wildman–Crippen MR) is 129 cm³/mol. The van der Waals surface area contributed by atoms with E-state index in [1.54, 1.807) is 13.0 Å². The SMILES string of the molecule is CCOC(=O)CN1CCc2nc(NC(=O)N3CCC(N4CCc5ccc(F)cc54)CC3)sc2C1. The fraction of sp³-hybridized carbons (Fsp3) is 0.542. The lowest BCUT2D eigenvalue weighted by atomic mass is 10.0. The van der Waals surface area contributed by atoms with Gasteiger partial charge in [0.05, 0.1) is 18.8 Å². The van der Waals surface area contributed by atoms with Crippen molar-refractivity contribution >= 4 is 34.2 Å². The molecule has 3 aliphatic heterocycles. The van der Waals surface area contributed by atoms with E-state index in [0.717, 1.165) is 55.0 Å². The second kappa shape index (κ2) is 9.87. The lowest BCUT2D eigenvalue weighted by Gasteiger charge is -2.38. The highest BCUT2D eigenvalue weighted by atomic mass is 32.1. The maximum absolute atomic E-state index is 13.8. The molecule has 8 nitrogen and oxygen atoms in total. The average Bonchev–Trinajstić information content (AvgIpc) is 3.42. The Bertz CT molecular complexity index is 1070. The van der Waals surface area contributed by atoms with Crippen LogP contribution in [0.5, 0.6) is 0 Å². The number of carbonyl (C=O) groups is 2. The summed E-state index contributed by atoms with van der Waals surface area (Å²) < 4.78 is 18.8. The van der Waals surface area contributed by atoms with Crippen molar-refractivity contribution in [3.8, 4) is 0 Å². The zero-order valence-electron chi connectivity index (χ0n) is 19.4. The standard InChI is InChI=1S/C24H30FN5O3S/c1-2-33-22(31)15-28-9-8-19-21(14-28)34-23(26-19)27-24(32)29-10-6-18(7-11-29)30-12-5-16-3-4-17(25)13-20(16)30/h3-4,13,18H,2,5-12,14-15H2,1H3,(H,26,27,32). The van der Waals surface area contributed by atoms with Crippen molar-refractivity contribution in [2.45, 2.75) is 45.2 Å². The number of likely N-dealkylation sites (tertiary alicyclic amines) is 1. The number of nitrogens with one attached hydrogen (secondary N) is 1. The second-order valence-corrected chi connectivity index (χ2v) is 10.1.